The van der Waals surface area contributed by atoms with E-state index in [1.165, 1.54) is 16.7 Å². The summed E-state index contributed by atoms with van der Waals surface area (Å²) in [5.74, 6) is 0.910. The Hall–Kier alpha value is -1.76. The molecule has 0 aliphatic rings. The first-order chi connectivity index (χ1) is 7.78. The number of ether oxygens (including phenoxy) is 1. The largest absolute Gasteiger partial charge is 0.497 e. The second kappa shape index (κ2) is 4.84. The van der Waals surface area contributed by atoms with Gasteiger partial charge >= 0.3 is 0 Å². The highest BCUT2D eigenvalue weighted by Crippen LogP contribution is 2.15. The first kappa shape index (κ1) is 10.7. The molecule has 0 heterocycles. The molecule has 0 N–H and O–H groups in total. The van der Waals surface area contributed by atoms with Crippen LogP contribution in [-0.4, -0.2) is 7.11 Å². The van der Waals surface area contributed by atoms with E-state index in [1.54, 1.807) is 7.11 Å². The summed E-state index contributed by atoms with van der Waals surface area (Å²) >= 11 is 0. The van der Waals surface area contributed by atoms with Crippen molar-refractivity contribution in [3.8, 4) is 5.75 Å². The first-order valence-electron chi connectivity index (χ1n) is 5.46. The molecule has 0 bridgehead atoms. The van der Waals surface area contributed by atoms with Gasteiger partial charge in [-0.3, -0.25) is 0 Å². The van der Waals surface area contributed by atoms with Crippen molar-refractivity contribution in [2.24, 2.45) is 0 Å². The molecule has 0 spiro atoms. The van der Waals surface area contributed by atoms with Crippen LogP contribution in [0.1, 0.15) is 16.7 Å². The molecule has 0 aromatic heterocycles. The Morgan fingerprint density at radius 3 is 1.81 bits per heavy atom. The van der Waals surface area contributed by atoms with E-state index in [2.05, 4.69) is 43.3 Å². The van der Waals surface area contributed by atoms with E-state index in [1.807, 2.05) is 12.1 Å². The molecule has 0 unspecified atom stereocenters. The third kappa shape index (κ3) is 2.63. The fourth-order valence-electron chi connectivity index (χ4n) is 1.69. The van der Waals surface area contributed by atoms with Gasteiger partial charge in [-0.15, -0.1) is 0 Å². The van der Waals surface area contributed by atoms with Gasteiger partial charge in [-0.2, -0.15) is 0 Å². The maximum Gasteiger partial charge on any atom is 0.118 e. The summed E-state index contributed by atoms with van der Waals surface area (Å²) in [7, 11) is 1.69. The fraction of sp³-hybridized carbons (Fsp3) is 0.200. The van der Waals surface area contributed by atoms with Crippen molar-refractivity contribution < 1.29 is 4.74 Å². The monoisotopic (exact) mass is 212 g/mol. The highest BCUT2D eigenvalue weighted by Gasteiger charge is 1.97. The summed E-state index contributed by atoms with van der Waals surface area (Å²) in [5, 5.41) is 0. The molecule has 16 heavy (non-hydrogen) atoms. The van der Waals surface area contributed by atoms with Gasteiger partial charge in [-0.05, 0) is 36.6 Å². The van der Waals surface area contributed by atoms with Crippen molar-refractivity contribution in [1.29, 1.82) is 0 Å². The summed E-state index contributed by atoms with van der Waals surface area (Å²) in [5.41, 5.74) is 3.96. The molecule has 0 fully saturated rings. The van der Waals surface area contributed by atoms with E-state index in [0.717, 1.165) is 12.2 Å². The minimum Gasteiger partial charge on any atom is -0.497 e. The molecule has 0 aliphatic heterocycles. The van der Waals surface area contributed by atoms with Crippen molar-refractivity contribution in [3.05, 3.63) is 65.2 Å². The van der Waals surface area contributed by atoms with Gasteiger partial charge in [0.05, 0.1) is 7.11 Å². The summed E-state index contributed by atoms with van der Waals surface area (Å²) < 4.78 is 5.14. The molecule has 2 aromatic carbocycles. The molecule has 0 atom stereocenters. The smallest absolute Gasteiger partial charge is 0.118 e. The molecule has 2 rings (SSSR count). The van der Waals surface area contributed by atoms with E-state index in [-0.39, 0.29) is 0 Å². The molecule has 0 radical (unpaired) electrons. The first-order valence-corrected chi connectivity index (χ1v) is 5.46. The summed E-state index contributed by atoms with van der Waals surface area (Å²) in [6.45, 7) is 2.11. The molecule has 0 amide bonds. The standard InChI is InChI=1S/C15H16O/c1-12-3-5-13(6-4-12)11-14-7-9-15(16-2)10-8-14/h3-10H,11H2,1-2H3. The molecule has 0 saturated heterocycles. The quantitative estimate of drug-likeness (QED) is 0.755. The van der Waals surface area contributed by atoms with Crippen molar-refractivity contribution in [2.45, 2.75) is 13.3 Å². The second-order valence-electron chi connectivity index (χ2n) is 4.01. The van der Waals surface area contributed by atoms with Gasteiger partial charge in [-0.25, -0.2) is 0 Å². The average molecular weight is 212 g/mol. The third-order valence-electron chi connectivity index (χ3n) is 2.69. The summed E-state index contributed by atoms with van der Waals surface area (Å²) in [4.78, 5) is 0. The zero-order valence-electron chi connectivity index (χ0n) is 9.73. The SMILES string of the molecule is COc1ccc(Cc2ccc(C)cc2)cc1. The van der Waals surface area contributed by atoms with E-state index in [0.29, 0.717) is 0 Å². The lowest BCUT2D eigenvalue weighted by Gasteiger charge is -2.04. The van der Waals surface area contributed by atoms with Gasteiger partial charge in [0.1, 0.15) is 5.75 Å². The number of aryl methyl sites for hydroxylation is 1. The number of rotatable bonds is 3. The number of methoxy groups -OCH3 is 1. The Balaban J connectivity index is 2.11. The number of benzene rings is 2. The van der Waals surface area contributed by atoms with Gasteiger partial charge in [0.2, 0.25) is 0 Å². The van der Waals surface area contributed by atoms with Crippen LogP contribution in [0.15, 0.2) is 48.5 Å². The lowest BCUT2D eigenvalue weighted by atomic mass is 10.0. The van der Waals surface area contributed by atoms with Crippen LogP contribution in [0.4, 0.5) is 0 Å². The predicted molar refractivity (Wildman–Crippen MR) is 67.0 cm³/mol. The van der Waals surface area contributed by atoms with Crippen LogP contribution in [0.5, 0.6) is 5.75 Å². The molecular formula is C15H16O. The summed E-state index contributed by atoms with van der Waals surface area (Å²) in [6.07, 6.45) is 0.976. The molecule has 1 heteroatoms. The van der Waals surface area contributed by atoms with Crippen LogP contribution in [-0.2, 0) is 6.42 Å². The maximum absolute atomic E-state index is 5.14. The van der Waals surface area contributed by atoms with E-state index in [4.69, 9.17) is 4.74 Å². The van der Waals surface area contributed by atoms with Crippen molar-refractivity contribution in [3.63, 3.8) is 0 Å². The Kier molecular flexibility index (Phi) is 3.25. The minimum atomic E-state index is 0.910. The lowest BCUT2D eigenvalue weighted by Crippen LogP contribution is -1.89. The van der Waals surface area contributed by atoms with Crippen molar-refractivity contribution in [1.82, 2.24) is 0 Å². The fourth-order valence-corrected chi connectivity index (χ4v) is 1.69. The molecule has 2 aromatic rings. The van der Waals surface area contributed by atoms with Crippen molar-refractivity contribution >= 4 is 0 Å². The zero-order chi connectivity index (χ0) is 11.4. The highest BCUT2D eigenvalue weighted by atomic mass is 16.5. The topological polar surface area (TPSA) is 9.23 Å². The van der Waals surface area contributed by atoms with E-state index < -0.39 is 0 Å². The number of hydrogen-bond acceptors (Lipinski definition) is 1. The van der Waals surface area contributed by atoms with Crippen LogP contribution in [0.3, 0.4) is 0 Å². The van der Waals surface area contributed by atoms with Crippen LogP contribution in [0.2, 0.25) is 0 Å². The Bertz CT molecular complexity index is 440. The highest BCUT2D eigenvalue weighted by molar-refractivity contribution is 5.32. The second-order valence-corrected chi connectivity index (χ2v) is 4.01. The van der Waals surface area contributed by atoms with E-state index >= 15 is 0 Å². The Morgan fingerprint density at radius 1 is 0.812 bits per heavy atom. The van der Waals surface area contributed by atoms with Crippen LogP contribution < -0.4 is 4.74 Å². The predicted octanol–water partition coefficient (Wildman–Crippen LogP) is 3.59. The van der Waals surface area contributed by atoms with Crippen molar-refractivity contribution in [2.75, 3.05) is 7.11 Å². The average Bonchev–Trinajstić information content (AvgIpc) is 2.33. The minimum absolute atomic E-state index is 0.910. The zero-order valence-corrected chi connectivity index (χ0v) is 9.73. The van der Waals surface area contributed by atoms with Crippen LogP contribution in [0, 0.1) is 6.92 Å². The van der Waals surface area contributed by atoms with E-state index in [9.17, 15) is 0 Å². The normalized spacial score (nSPS) is 10.1. The van der Waals surface area contributed by atoms with Gasteiger partial charge in [0.25, 0.3) is 0 Å². The van der Waals surface area contributed by atoms with Crippen LogP contribution >= 0.6 is 0 Å². The number of hydrogen-bond donors (Lipinski definition) is 0. The molecular weight excluding hydrogens is 196 g/mol. The molecule has 0 aliphatic carbocycles. The van der Waals surface area contributed by atoms with Gasteiger partial charge in [0, 0.05) is 0 Å². The van der Waals surface area contributed by atoms with Crippen LogP contribution in [0.25, 0.3) is 0 Å². The molecule has 1 nitrogen and oxygen atoms in total. The van der Waals surface area contributed by atoms with Gasteiger partial charge < -0.3 is 4.74 Å². The third-order valence-corrected chi connectivity index (χ3v) is 2.69. The molecule has 82 valence electrons. The Morgan fingerprint density at radius 2 is 1.31 bits per heavy atom. The maximum atomic E-state index is 5.14. The summed E-state index contributed by atoms with van der Waals surface area (Å²) in [6, 6.07) is 16.9. The lowest BCUT2D eigenvalue weighted by molar-refractivity contribution is 0.414. The Labute approximate surface area is 96.7 Å². The van der Waals surface area contributed by atoms with Gasteiger partial charge in [-0.1, -0.05) is 42.0 Å². The van der Waals surface area contributed by atoms with Gasteiger partial charge in [0.15, 0.2) is 0 Å². The molecule has 0 saturated carbocycles.